The number of hydrogen-bond donors (Lipinski definition) is 4. The smallest absolute Gasteiger partial charge is 0.320 e. The number of ether oxygens (including phenoxy) is 1. The Morgan fingerprint density at radius 1 is 1.29 bits per heavy atom. The third kappa shape index (κ3) is 6.94. The molecule has 2 rings (SSSR count). The fourth-order valence-corrected chi connectivity index (χ4v) is 3.88. The molecule has 1 aliphatic rings. The van der Waals surface area contributed by atoms with Crippen molar-refractivity contribution >= 4 is 29.5 Å². The average Bonchev–Trinajstić information content (AvgIpc) is 2.77. The molecule has 1 fully saturated rings. The summed E-state index contributed by atoms with van der Waals surface area (Å²) in [6, 6.07) is 5.56. The number of carbonyl (C=O) groups is 3. The summed E-state index contributed by atoms with van der Waals surface area (Å²) in [6.45, 7) is 11.2. The summed E-state index contributed by atoms with van der Waals surface area (Å²) in [6.07, 6.45) is 0.275. The molecule has 0 radical (unpaired) electrons. The number of likely N-dealkylation sites (tertiary alicyclic amines) is 1. The molecule has 5 N–H and O–H groups in total. The zero-order chi connectivity index (χ0) is 25.7. The number of hydrogen-bond acceptors (Lipinski definition) is 6. The minimum atomic E-state index is -1.26. The molecule has 1 heterocycles. The van der Waals surface area contributed by atoms with Gasteiger partial charge in [-0.25, -0.2) is 4.79 Å². The monoisotopic (exact) mass is 494 g/mol. The van der Waals surface area contributed by atoms with Crippen molar-refractivity contribution in [2.45, 2.75) is 51.4 Å². The Hall–Kier alpha value is -2.62. The molecule has 0 saturated carbocycles. The van der Waals surface area contributed by atoms with Crippen molar-refractivity contribution in [3.8, 4) is 0 Å². The van der Waals surface area contributed by atoms with Crippen LogP contribution < -0.4 is 16.4 Å². The Morgan fingerprint density at radius 2 is 1.91 bits per heavy atom. The van der Waals surface area contributed by atoms with Gasteiger partial charge >= 0.3 is 12.0 Å². The van der Waals surface area contributed by atoms with E-state index in [0.29, 0.717) is 22.7 Å². The van der Waals surface area contributed by atoms with E-state index < -0.39 is 29.2 Å². The number of aliphatic hydroxyl groups is 1. The highest BCUT2D eigenvalue weighted by Crippen LogP contribution is 2.36. The lowest BCUT2D eigenvalue weighted by atomic mass is 9.81. The normalized spacial score (nSPS) is 19.5. The van der Waals surface area contributed by atoms with Crippen molar-refractivity contribution in [2.24, 2.45) is 11.7 Å². The predicted octanol–water partition coefficient (Wildman–Crippen LogP) is 1.92. The molecule has 0 aromatic heterocycles. The van der Waals surface area contributed by atoms with Crippen molar-refractivity contribution in [1.29, 1.82) is 0 Å². The molecule has 1 saturated heterocycles. The molecule has 188 valence electrons. The highest BCUT2D eigenvalue weighted by atomic mass is 35.5. The number of nitrogens with zero attached hydrogens (tertiary/aromatic N) is 1. The van der Waals surface area contributed by atoms with Gasteiger partial charge in [0.25, 0.3) is 0 Å². The van der Waals surface area contributed by atoms with Gasteiger partial charge in [0.15, 0.2) is 0 Å². The van der Waals surface area contributed by atoms with Crippen LogP contribution in [-0.2, 0) is 19.9 Å². The maximum Gasteiger partial charge on any atom is 0.320 e. The van der Waals surface area contributed by atoms with Crippen LogP contribution in [0.3, 0.4) is 0 Å². The maximum absolute atomic E-state index is 13.3. The first-order valence-corrected chi connectivity index (χ1v) is 11.6. The molecule has 0 bridgehead atoms. The fourth-order valence-electron chi connectivity index (χ4n) is 3.76. The lowest BCUT2D eigenvalue weighted by Gasteiger charge is -2.42. The van der Waals surface area contributed by atoms with Crippen LogP contribution in [-0.4, -0.2) is 65.7 Å². The molecule has 0 spiro atoms. The van der Waals surface area contributed by atoms with E-state index >= 15 is 0 Å². The lowest BCUT2D eigenvalue weighted by molar-refractivity contribution is -0.154. The summed E-state index contributed by atoms with van der Waals surface area (Å²) in [5, 5.41) is 17.1. The van der Waals surface area contributed by atoms with E-state index in [-0.39, 0.29) is 37.9 Å². The van der Waals surface area contributed by atoms with Gasteiger partial charge in [0.2, 0.25) is 5.91 Å². The van der Waals surface area contributed by atoms with Crippen molar-refractivity contribution in [3.05, 3.63) is 47.0 Å². The topological polar surface area (TPSA) is 134 Å². The Labute approximate surface area is 205 Å². The first kappa shape index (κ1) is 27.6. The van der Waals surface area contributed by atoms with E-state index in [1.807, 2.05) is 13.8 Å². The Balaban J connectivity index is 2.01. The van der Waals surface area contributed by atoms with Crippen molar-refractivity contribution in [3.63, 3.8) is 0 Å². The zero-order valence-electron chi connectivity index (χ0n) is 20.2. The second-order valence-electron chi connectivity index (χ2n) is 9.47. The van der Waals surface area contributed by atoms with Crippen LogP contribution in [0.15, 0.2) is 36.4 Å². The number of urea groups is 1. The number of amides is 3. The third-order valence-corrected chi connectivity index (χ3v) is 6.05. The molecule has 2 atom stereocenters. The van der Waals surface area contributed by atoms with E-state index in [9.17, 15) is 19.5 Å². The number of rotatable bonds is 8. The van der Waals surface area contributed by atoms with E-state index in [2.05, 4.69) is 17.2 Å². The van der Waals surface area contributed by atoms with Crippen LogP contribution >= 0.6 is 11.6 Å². The van der Waals surface area contributed by atoms with Gasteiger partial charge in [0.05, 0.1) is 13.1 Å². The third-order valence-electron chi connectivity index (χ3n) is 5.79. The van der Waals surface area contributed by atoms with Crippen LogP contribution in [0.4, 0.5) is 4.79 Å². The highest BCUT2D eigenvalue weighted by molar-refractivity contribution is 6.30. The van der Waals surface area contributed by atoms with Gasteiger partial charge in [-0.2, -0.15) is 0 Å². The van der Waals surface area contributed by atoms with E-state index in [1.54, 1.807) is 43.0 Å². The van der Waals surface area contributed by atoms with Gasteiger partial charge in [0.1, 0.15) is 17.2 Å². The van der Waals surface area contributed by atoms with Crippen molar-refractivity contribution < 1.29 is 24.2 Å². The van der Waals surface area contributed by atoms with E-state index in [1.165, 1.54) is 0 Å². The number of halogens is 1. The van der Waals surface area contributed by atoms with Gasteiger partial charge in [-0.1, -0.05) is 44.2 Å². The lowest BCUT2D eigenvalue weighted by Crippen LogP contribution is -2.57. The van der Waals surface area contributed by atoms with E-state index in [0.717, 1.165) is 0 Å². The molecular formula is C24H35ClN4O5. The summed E-state index contributed by atoms with van der Waals surface area (Å²) in [5.41, 5.74) is 4.21. The van der Waals surface area contributed by atoms with Gasteiger partial charge in [-0.05, 0) is 43.0 Å². The van der Waals surface area contributed by atoms with Gasteiger partial charge < -0.3 is 31.1 Å². The summed E-state index contributed by atoms with van der Waals surface area (Å²) in [5.74, 6) is -1.03. The largest absolute Gasteiger partial charge is 0.457 e. The molecule has 10 heteroatoms. The number of nitrogens with one attached hydrogen (secondary N) is 2. The molecular weight excluding hydrogens is 460 g/mol. The number of benzene rings is 1. The van der Waals surface area contributed by atoms with Crippen LogP contribution in [0.25, 0.3) is 0 Å². The Kier molecular flexibility index (Phi) is 9.10. The van der Waals surface area contributed by atoms with Crippen LogP contribution in [0.1, 0.15) is 39.7 Å². The van der Waals surface area contributed by atoms with Gasteiger partial charge in [-0.3, -0.25) is 9.59 Å². The minimum absolute atomic E-state index is 0.0399. The summed E-state index contributed by atoms with van der Waals surface area (Å²) in [7, 11) is 0. The van der Waals surface area contributed by atoms with E-state index in [4.69, 9.17) is 22.1 Å². The number of piperidine rings is 1. The van der Waals surface area contributed by atoms with Crippen molar-refractivity contribution in [1.82, 2.24) is 15.5 Å². The first-order chi connectivity index (χ1) is 15.8. The molecule has 1 aromatic carbocycles. The predicted molar refractivity (Wildman–Crippen MR) is 130 cm³/mol. The quantitative estimate of drug-likeness (QED) is 0.322. The number of carbonyl (C=O) groups excluding carboxylic acids is 3. The SMILES string of the molecule is C=C1CN(C(=O)[C@H](NC(=O)NCC(C)(C)OC(=O)CN)C(C)C)CC[C@]1(O)c1ccc(Cl)cc1. The Morgan fingerprint density at radius 3 is 2.44 bits per heavy atom. The van der Waals surface area contributed by atoms with Crippen molar-refractivity contribution in [2.75, 3.05) is 26.2 Å². The molecule has 9 nitrogen and oxygen atoms in total. The fraction of sp³-hybridized carbons (Fsp3) is 0.542. The van der Waals surface area contributed by atoms with Gasteiger partial charge in [-0.15, -0.1) is 0 Å². The second-order valence-corrected chi connectivity index (χ2v) is 9.90. The molecule has 34 heavy (non-hydrogen) atoms. The second kappa shape index (κ2) is 11.2. The molecule has 0 unspecified atom stereocenters. The van der Waals surface area contributed by atoms with Crippen LogP contribution in [0, 0.1) is 5.92 Å². The van der Waals surface area contributed by atoms with Crippen LogP contribution in [0.5, 0.6) is 0 Å². The minimum Gasteiger partial charge on any atom is -0.457 e. The standard InChI is InChI=1S/C24H35ClN4O5/c1-15(2)20(28-22(32)27-14-23(4,5)34-19(30)12-26)21(31)29-11-10-24(33,16(3)13-29)17-6-8-18(25)9-7-17/h6-9,15,20,33H,3,10-14,26H2,1-2,4-5H3,(H2,27,28,32)/t20-,24-/m1/s1. The van der Waals surface area contributed by atoms with Crippen LogP contribution in [0.2, 0.25) is 5.02 Å². The number of esters is 1. The molecule has 1 aliphatic heterocycles. The van der Waals surface area contributed by atoms with Gasteiger partial charge in [0, 0.05) is 24.5 Å². The first-order valence-electron chi connectivity index (χ1n) is 11.2. The Bertz CT molecular complexity index is 918. The summed E-state index contributed by atoms with van der Waals surface area (Å²) in [4.78, 5) is 38.8. The maximum atomic E-state index is 13.3. The average molecular weight is 495 g/mol. The highest BCUT2D eigenvalue weighted by Gasteiger charge is 2.40. The molecule has 1 aromatic rings. The molecule has 3 amide bonds. The molecule has 0 aliphatic carbocycles. The summed E-state index contributed by atoms with van der Waals surface area (Å²) >= 11 is 5.96. The summed E-state index contributed by atoms with van der Waals surface area (Å²) < 4.78 is 5.18. The zero-order valence-corrected chi connectivity index (χ0v) is 20.9. The number of nitrogens with two attached hydrogens (primary N) is 1.